The Labute approximate surface area is 82.4 Å². The monoisotopic (exact) mass is 204 g/mol. The van der Waals surface area contributed by atoms with Crippen molar-refractivity contribution in [2.75, 3.05) is 6.26 Å². The van der Waals surface area contributed by atoms with Crippen molar-refractivity contribution in [1.29, 1.82) is 0 Å². The van der Waals surface area contributed by atoms with Gasteiger partial charge in [-0.2, -0.15) is 0 Å². The van der Waals surface area contributed by atoms with E-state index in [1.807, 2.05) is 13.8 Å². The average molecular weight is 204 g/mol. The van der Waals surface area contributed by atoms with Crippen molar-refractivity contribution in [2.45, 2.75) is 25.7 Å². The summed E-state index contributed by atoms with van der Waals surface area (Å²) in [4.78, 5) is 0.616. The first kappa shape index (κ1) is 12.4. The maximum Gasteiger partial charge on any atom is 0.130 e. The molecule has 0 nitrogen and oxygen atoms in total. The molecule has 0 atom stereocenters. The van der Waals surface area contributed by atoms with Crippen LogP contribution in [0, 0.1) is 18.6 Å². The molecular weight excluding hydrogens is 190 g/mol. The Balaban J connectivity index is 0.000000671. The van der Waals surface area contributed by atoms with E-state index in [0.29, 0.717) is 4.90 Å². The number of rotatable bonds is 1. The molecule has 0 heterocycles. The molecular formula is C10H14F2S. The summed E-state index contributed by atoms with van der Waals surface area (Å²) in [7, 11) is 0. The van der Waals surface area contributed by atoms with E-state index in [1.165, 1.54) is 30.8 Å². The van der Waals surface area contributed by atoms with E-state index < -0.39 is 11.6 Å². The van der Waals surface area contributed by atoms with Gasteiger partial charge in [-0.25, -0.2) is 8.78 Å². The zero-order valence-corrected chi connectivity index (χ0v) is 9.14. The van der Waals surface area contributed by atoms with Gasteiger partial charge in [0.05, 0.1) is 0 Å². The second-order valence-corrected chi connectivity index (χ2v) is 3.10. The van der Waals surface area contributed by atoms with Crippen LogP contribution in [-0.2, 0) is 0 Å². The highest BCUT2D eigenvalue weighted by Crippen LogP contribution is 2.20. The highest BCUT2D eigenvalue weighted by atomic mass is 32.2. The Morgan fingerprint density at radius 3 is 1.77 bits per heavy atom. The van der Waals surface area contributed by atoms with Crippen LogP contribution in [0.15, 0.2) is 17.0 Å². The van der Waals surface area contributed by atoms with E-state index in [1.54, 1.807) is 6.26 Å². The van der Waals surface area contributed by atoms with Gasteiger partial charge in [-0.3, -0.25) is 0 Å². The molecule has 13 heavy (non-hydrogen) atoms. The third-order valence-corrected chi connectivity index (χ3v) is 2.20. The predicted octanol–water partition coefficient (Wildman–Crippen LogP) is 4.02. The van der Waals surface area contributed by atoms with E-state index in [9.17, 15) is 8.78 Å². The quantitative estimate of drug-likeness (QED) is 0.622. The third kappa shape index (κ3) is 3.35. The van der Waals surface area contributed by atoms with Crippen LogP contribution < -0.4 is 0 Å². The summed E-state index contributed by atoms with van der Waals surface area (Å²) in [5.41, 5.74) is 0.0859. The van der Waals surface area contributed by atoms with Gasteiger partial charge in [0.25, 0.3) is 0 Å². The minimum absolute atomic E-state index is 0.0859. The molecule has 0 amide bonds. The third-order valence-electron chi connectivity index (χ3n) is 1.49. The van der Waals surface area contributed by atoms with Crippen LogP contribution in [-0.4, -0.2) is 6.26 Å². The van der Waals surface area contributed by atoms with Crippen LogP contribution in [0.5, 0.6) is 0 Å². The molecule has 0 unspecified atom stereocenters. The van der Waals surface area contributed by atoms with Gasteiger partial charge in [0.15, 0.2) is 0 Å². The van der Waals surface area contributed by atoms with Gasteiger partial charge in [0.2, 0.25) is 0 Å². The summed E-state index contributed by atoms with van der Waals surface area (Å²) in [6, 6.07) is 2.67. The standard InChI is InChI=1S/C8H8F2S.C2H6/c1-5-7(9)3-6(11-2)4-8(5)10;1-2/h3-4H,1-2H3;1-2H3. The summed E-state index contributed by atoms with van der Waals surface area (Å²) >= 11 is 1.33. The lowest BCUT2D eigenvalue weighted by Gasteiger charge is -2.00. The average Bonchev–Trinajstić information content (AvgIpc) is 2.16. The van der Waals surface area contributed by atoms with Crippen LogP contribution in [0.3, 0.4) is 0 Å². The Morgan fingerprint density at radius 2 is 1.46 bits per heavy atom. The first-order valence-electron chi connectivity index (χ1n) is 4.15. The fraction of sp³-hybridized carbons (Fsp3) is 0.400. The molecule has 0 spiro atoms. The van der Waals surface area contributed by atoms with Gasteiger partial charge in [-0.15, -0.1) is 11.8 Å². The van der Waals surface area contributed by atoms with Crippen molar-refractivity contribution in [1.82, 2.24) is 0 Å². The van der Waals surface area contributed by atoms with Crippen molar-refractivity contribution < 1.29 is 8.78 Å². The molecule has 0 saturated carbocycles. The Kier molecular flexibility index (Phi) is 5.71. The van der Waals surface area contributed by atoms with Gasteiger partial charge in [0.1, 0.15) is 11.6 Å². The molecule has 0 radical (unpaired) electrons. The van der Waals surface area contributed by atoms with Crippen LogP contribution in [0.1, 0.15) is 19.4 Å². The molecule has 1 aromatic rings. The predicted molar refractivity (Wildman–Crippen MR) is 54.2 cm³/mol. The maximum absolute atomic E-state index is 12.8. The number of benzene rings is 1. The summed E-state index contributed by atoms with van der Waals surface area (Å²) in [5, 5.41) is 0. The number of halogens is 2. The van der Waals surface area contributed by atoms with Crippen LogP contribution >= 0.6 is 11.8 Å². The molecule has 0 fully saturated rings. The molecule has 74 valence electrons. The molecule has 3 heteroatoms. The van der Waals surface area contributed by atoms with Crippen LogP contribution in [0.25, 0.3) is 0 Å². The van der Waals surface area contributed by atoms with Crippen molar-refractivity contribution in [3.63, 3.8) is 0 Å². The molecule has 1 rings (SSSR count). The zero-order valence-electron chi connectivity index (χ0n) is 8.32. The van der Waals surface area contributed by atoms with E-state index >= 15 is 0 Å². The van der Waals surface area contributed by atoms with Crippen LogP contribution in [0.4, 0.5) is 8.78 Å². The highest BCUT2D eigenvalue weighted by Gasteiger charge is 2.05. The normalized spacial score (nSPS) is 9.08. The molecule has 0 bridgehead atoms. The molecule has 0 N–H and O–H groups in total. The van der Waals surface area contributed by atoms with Crippen molar-refractivity contribution in [3.8, 4) is 0 Å². The lowest BCUT2D eigenvalue weighted by atomic mass is 10.2. The fourth-order valence-electron chi connectivity index (χ4n) is 0.740. The number of hydrogen-bond acceptors (Lipinski definition) is 1. The second-order valence-electron chi connectivity index (χ2n) is 2.22. The smallest absolute Gasteiger partial charge is 0.130 e. The summed E-state index contributed by atoms with van der Waals surface area (Å²) in [5.74, 6) is -0.955. The Morgan fingerprint density at radius 1 is 1.08 bits per heavy atom. The fourth-order valence-corrected chi connectivity index (χ4v) is 1.18. The summed E-state index contributed by atoms with van der Waals surface area (Å²) in [6.45, 7) is 5.43. The maximum atomic E-state index is 12.8. The Bertz CT molecular complexity index is 249. The first-order chi connectivity index (χ1) is 6.15. The minimum atomic E-state index is -0.477. The largest absolute Gasteiger partial charge is 0.207 e. The molecule has 1 aromatic carbocycles. The van der Waals surface area contributed by atoms with Crippen LogP contribution in [0.2, 0.25) is 0 Å². The molecule has 0 aliphatic heterocycles. The van der Waals surface area contributed by atoms with Gasteiger partial charge in [0, 0.05) is 10.5 Å². The van der Waals surface area contributed by atoms with E-state index in [4.69, 9.17) is 0 Å². The topological polar surface area (TPSA) is 0 Å². The number of thioether (sulfide) groups is 1. The van der Waals surface area contributed by atoms with Gasteiger partial charge >= 0.3 is 0 Å². The van der Waals surface area contributed by atoms with Gasteiger partial charge < -0.3 is 0 Å². The van der Waals surface area contributed by atoms with Gasteiger partial charge in [-0.1, -0.05) is 13.8 Å². The van der Waals surface area contributed by atoms with E-state index in [2.05, 4.69) is 0 Å². The zero-order chi connectivity index (χ0) is 10.4. The highest BCUT2D eigenvalue weighted by molar-refractivity contribution is 7.98. The minimum Gasteiger partial charge on any atom is -0.207 e. The van der Waals surface area contributed by atoms with Crippen molar-refractivity contribution in [2.24, 2.45) is 0 Å². The van der Waals surface area contributed by atoms with Crippen molar-refractivity contribution in [3.05, 3.63) is 29.3 Å². The summed E-state index contributed by atoms with van der Waals surface area (Å²) in [6.07, 6.45) is 1.78. The second kappa shape index (κ2) is 5.97. The first-order valence-corrected chi connectivity index (χ1v) is 5.37. The molecule has 0 aromatic heterocycles. The lowest BCUT2D eigenvalue weighted by Crippen LogP contribution is -1.88. The van der Waals surface area contributed by atoms with E-state index in [0.717, 1.165) is 0 Å². The van der Waals surface area contributed by atoms with E-state index in [-0.39, 0.29) is 5.56 Å². The lowest BCUT2D eigenvalue weighted by molar-refractivity contribution is 0.562. The molecule has 0 aliphatic rings. The number of hydrogen-bond donors (Lipinski definition) is 0. The summed E-state index contributed by atoms with van der Waals surface area (Å²) < 4.78 is 25.5. The van der Waals surface area contributed by atoms with Gasteiger partial charge in [-0.05, 0) is 25.3 Å². The van der Waals surface area contributed by atoms with Crippen molar-refractivity contribution >= 4 is 11.8 Å². The SMILES string of the molecule is CC.CSc1cc(F)c(C)c(F)c1. The Hall–Kier alpha value is -0.570. The molecule has 0 aliphatic carbocycles. The molecule has 0 saturated heterocycles.